The summed E-state index contributed by atoms with van der Waals surface area (Å²) < 4.78 is 12.3. The molecule has 2 amide bonds. The van der Waals surface area contributed by atoms with E-state index in [2.05, 4.69) is 37.4 Å². The van der Waals surface area contributed by atoms with Gasteiger partial charge in [-0.05, 0) is 56.9 Å². The molecular weight excluding hydrogens is 492 g/mol. The molecule has 4 bridgehead atoms. The van der Waals surface area contributed by atoms with Crippen molar-refractivity contribution in [1.82, 2.24) is 10.2 Å². The molecule has 2 aromatic rings. The summed E-state index contributed by atoms with van der Waals surface area (Å²) in [6, 6.07) is 13.3. The number of nitrogens with zero attached hydrogens (tertiary/aromatic N) is 2. The molecule has 5 heterocycles. The predicted molar refractivity (Wildman–Crippen MR) is 149 cm³/mol. The Morgan fingerprint density at radius 3 is 2.77 bits per heavy atom. The van der Waals surface area contributed by atoms with Crippen LogP contribution in [0.2, 0.25) is 0 Å². The Hall–Kier alpha value is -3.81. The topological polar surface area (TPSA) is 106 Å². The van der Waals surface area contributed by atoms with E-state index < -0.39 is 5.60 Å². The number of amides is 2. The quantitative estimate of drug-likeness (QED) is 0.517. The molecule has 0 saturated carbocycles. The number of nitrogens with two attached hydrogens (primary N) is 1. The predicted octanol–water partition coefficient (Wildman–Crippen LogP) is 4.66. The molecule has 0 fully saturated rings. The van der Waals surface area contributed by atoms with Crippen molar-refractivity contribution in [3.63, 3.8) is 0 Å². The second-order valence-electron chi connectivity index (χ2n) is 11.7. The number of hydrogen-bond donors (Lipinski definition) is 2. The lowest BCUT2D eigenvalue weighted by atomic mass is 9.85. The fourth-order valence-electron chi connectivity index (χ4n) is 6.37. The van der Waals surface area contributed by atoms with Gasteiger partial charge in [-0.1, -0.05) is 36.4 Å². The molecular formula is C31H36N4O4. The molecule has 7 rings (SSSR count). The lowest BCUT2D eigenvalue weighted by molar-refractivity contribution is -0.132. The van der Waals surface area contributed by atoms with Gasteiger partial charge in [0.05, 0.1) is 24.7 Å². The van der Waals surface area contributed by atoms with Gasteiger partial charge in [0.2, 0.25) is 11.8 Å². The number of ether oxygens (including phenoxy) is 2. The van der Waals surface area contributed by atoms with Crippen molar-refractivity contribution in [2.24, 2.45) is 16.6 Å². The van der Waals surface area contributed by atoms with Crippen molar-refractivity contribution >= 4 is 23.8 Å². The number of rotatable bonds is 0. The minimum absolute atomic E-state index is 0.0292. The van der Waals surface area contributed by atoms with E-state index >= 15 is 0 Å². The summed E-state index contributed by atoms with van der Waals surface area (Å²) in [7, 11) is 0. The van der Waals surface area contributed by atoms with Crippen LogP contribution in [-0.4, -0.2) is 40.9 Å². The van der Waals surface area contributed by atoms with Gasteiger partial charge in [0.1, 0.15) is 17.1 Å². The highest BCUT2D eigenvalue weighted by Gasteiger charge is 2.42. The highest BCUT2D eigenvalue weighted by atomic mass is 16.5. The van der Waals surface area contributed by atoms with Crippen molar-refractivity contribution in [2.45, 2.75) is 76.1 Å². The Bertz CT molecular complexity index is 1350. The van der Waals surface area contributed by atoms with Crippen molar-refractivity contribution in [3.8, 4) is 11.5 Å². The van der Waals surface area contributed by atoms with Gasteiger partial charge >= 0.3 is 0 Å². The van der Waals surface area contributed by atoms with Gasteiger partial charge in [-0.25, -0.2) is 4.99 Å². The maximum atomic E-state index is 13.5. The molecule has 0 saturated heterocycles. The van der Waals surface area contributed by atoms with Gasteiger partial charge in [0, 0.05) is 36.3 Å². The number of benzene rings is 2. The van der Waals surface area contributed by atoms with E-state index in [0.29, 0.717) is 32.3 Å². The molecule has 204 valence electrons. The van der Waals surface area contributed by atoms with Crippen LogP contribution >= 0.6 is 0 Å². The van der Waals surface area contributed by atoms with E-state index in [4.69, 9.17) is 20.2 Å². The minimum Gasteiger partial charge on any atom is -0.493 e. The number of aliphatic imine (C=N–C) groups is 1. The number of carbonyl (C=O) groups is 2. The first-order valence-electron chi connectivity index (χ1n) is 13.9. The number of nitrogens with one attached hydrogen (secondary N) is 1. The number of hydrogen-bond acceptors (Lipinski definition) is 6. The van der Waals surface area contributed by atoms with E-state index in [9.17, 15) is 9.59 Å². The van der Waals surface area contributed by atoms with E-state index in [1.54, 1.807) is 4.90 Å². The average Bonchev–Trinajstić information content (AvgIpc) is 2.89. The molecule has 3 N–H and O–H groups in total. The van der Waals surface area contributed by atoms with Crippen molar-refractivity contribution in [1.29, 1.82) is 0 Å². The first-order valence-corrected chi connectivity index (χ1v) is 13.9. The summed E-state index contributed by atoms with van der Waals surface area (Å²) in [4.78, 5) is 33.3. The van der Waals surface area contributed by atoms with Crippen LogP contribution in [0.5, 0.6) is 11.5 Å². The van der Waals surface area contributed by atoms with Gasteiger partial charge in [-0.2, -0.15) is 0 Å². The van der Waals surface area contributed by atoms with Crippen LogP contribution in [0.3, 0.4) is 0 Å². The summed E-state index contributed by atoms with van der Waals surface area (Å²) in [6.07, 6.45) is 7.56. The van der Waals surface area contributed by atoms with Crippen LogP contribution in [0.25, 0.3) is 6.08 Å². The highest BCUT2D eigenvalue weighted by Crippen LogP contribution is 2.43. The molecule has 2 aromatic carbocycles. The molecule has 8 nitrogen and oxygen atoms in total. The SMILES string of the molecule is CC1(C)CC2NC(=O)CCC3COc4ccccc4C3N3C(=O)CC(CC/C=C/c4ccc(c2c4)O1)N=C3N. The van der Waals surface area contributed by atoms with E-state index in [-0.39, 0.29) is 41.8 Å². The van der Waals surface area contributed by atoms with Crippen molar-refractivity contribution in [2.75, 3.05) is 6.61 Å². The van der Waals surface area contributed by atoms with Gasteiger partial charge in [0.15, 0.2) is 5.96 Å². The Kier molecular flexibility index (Phi) is 6.57. The zero-order valence-corrected chi connectivity index (χ0v) is 22.6. The van der Waals surface area contributed by atoms with Crippen LogP contribution in [0, 0.1) is 5.92 Å². The van der Waals surface area contributed by atoms with Gasteiger partial charge in [-0.15, -0.1) is 0 Å². The normalized spacial score (nSPS) is 28.9. The molecule has 4 unspecified atom stereocenters. The summed E-state index contributed by atoms with van der Waals surface area (Å²) in [5.74, 6) is 1.64. The average molecular weight is 529 g/mol. The largest absolute Gasteiger partial charge is 0.493 e. The fraction of sp³-hybridized carbons (Fsp3) is 0.452. The number of carbonyl (C=O) groups excluding carboxylic acids is 2. The highest BCUT2D eigenvalue weighted by molar-refractivity contribution is 5.99. The molecule has 5 aliphatic rings. The maximum absolute atomic E-state index is 13.5. The standard InChI is InChI=1S/C31H36N4O4/c1-31(2)17-24-23-15-19(11-13-26(23)39-31)7-3-4-8-21-16-28(37)35(30(32)33-21)29-20(12-14-27(36)34-24)18-38-25-10-6-5-9-22(25)29/h3,5-7,9-11,13,15,20-21,24,29H,4,8,12,14,16-18H2,1-2H3,(H2,32,33)(H,34,36)/b7-3+. The van der Waals surface area contributed by atoms with Crippen LogP contribution in [0.4, 0.5) is 0 Å². The third kappa shape index (κ3) is 5.12. The van der Waals surface area contributed by atoms with Crippen molar-refractivity contribution in [3.05, 3.63) is 65.2 Å². The molecule has 4 atom stereocenters. The van der Waals surface area contributed by atoms with Gasteiger partial charge in [-0.3, -0.25) is 14.5 Å². The number of fused-ring (bicyclic) bond motifs is 7. The van der Waals surface area contributed by atoms with Gasteiger partial charge in [0.25, 0.3) is 0 Å². The van der Waals surface area contributed by atoms with Crippen LogP contribution < -0.4 is 20.5 Å². The summed E-state index contributed by atoms with van der Waals surface area (Å²) in [5.41, 5.74) is 9.05. The summed E-state index contributed by atoms with van der Waals surface area (Å²) >= 11 is 0. The molecule has 5 aliphatic heterocycles. The Labute approximate surface area is 229 Å². The molecule has 8 heteroatoms. The third-order valence-corrected chi connectivity index (χ3v) is 8.20. The second kappa shape index (κ2) is 10.1. The number of guanidine groups is 1. The Balaban J connectivity index is 1.36. The zero-order chi connectivity index (χ0) is 27.1. The zero-order valence-electron chi connectivity index (χ0n) is 22.6. The molecule has 0 spiro atoms. The Morgan fingerprint density at radius 1 is 1.08 bits per heavy atom. The Morgan fingerprint density at radius 2 is 1.92 bits per heavy atom. The molecule has 0 aromatic heterocycles. The van der Waals surface area contributed by atoms with E-state index in [0.717, 1.165) is 41.0 Å². The van der Waals surface area contributed by atoms with Gasteiger partial charge < -0.3 is 20.5 Å². The minimum atomic E-state index is -0.394. The third-order valence-electron chi connectivity index (χ3n) is 8.20. The lowest BCUT2D eigenvalue weighted by Crippen LogP contribution is -2.52. The molecule has 0 radical (unpaired) electrons. The van der Waals surface area contributed by atoms with E-state index in [1.807, 2.05) is 36.4 Å². The smallest absolute Gasteiger partial charge is 0.232 e. The summed E-state index contributed by atoms with van der Waals surface area (Å²) in [5, 5.41) is 3.28. The van der Waals surface area contributed by atoms with Crippen LogP contribution in [0.1, 0.15) is 81.1 Å². The monoisotopic (exact) mass is 528 g/mol. The molecule has 39 heavy (non-hydrogen) atoms. The van der Waals surface area contributed by atoms with E-state index in [1.165, 1.54) is 0 Å². The fourth-order valence-corrected chi connectivity index (χ4v) is 6.37. The maximum Gasteiger partial charge on any atom is 0.232 e. The van der Waals surface area contributed by atoms with Crippen molar-refractivity contribution < 1.29 is 19.1 Å². The second-order valence-corrected chi connectivity index (χ2v) is 11.7. The summed E-state index contributed by atoms with van der Waals surface area (Å²) in [6.45, 7) is 4.50. The lowest BCUT2D eigenvalue weighted by Gasteiger charge is -2.42. The van der Waals surface area contributed by atoms with Crippen LogP contribution in [-0.2, 0) is 9.59 Å². The van der Waals surface area contributed by atoms with Crippen LogP contribution in [0.15, 0.2) is 53.5 Å². The number of allylic oxidation sites excluding steroid dienone is 1. The first kappa shape index (κ1) is 25.5. The first-order chi connectivity index (χ1) is 18.8. The number of para-hydroxylation sites is 1. The molecule has 0 aliphatic carbocycles.